The molecule has 0 spiro atoms. The summed E-state index contributed by atoms with van der Waals surface area (Å²) in [5.41, 5.74) is 1.72. The minimum absolute atomic E-state index is 0.00157. The number of amides is 1. The third kappa shape index (κ3) is 3.51. The molecule has 2 aromatic rings. The Bertz CT molecular complexity index is 776. The molecule has 3 rings (SSSR count). The summed E-state index contributed by atoms with van der Waals surface area (Å²) < 4.78 is 2.33. The van der Waals surface area contributed by atoms with E-state index in [0.717, 1.165) is 29.8 Å². The van der Waals surface area contributed by atoms with Crippen LogP contribution in [0.4, 0.5) is 0 Å². The molecule has 23 heavy (non-hydrogen) atoms. The molecule has 1 fully saturated rings. The number of aromatic nitrogens is 3. The van der Waals surface area contributed by atoms with E-state index in [1.165, 1.54) is 0 Å². The molecular formula is C16H20N4O2S. The quantitative estimate of drug-likeness (QED) is 0.706. The maximum absolute atomic E-state index is 12.1. The molecule has 3 N–H and O–H groups in total. The number of rotatable bonds is 6. The number of carbonyl (C=O) groups excluding carboxylic acids is 1. The van der Waals surface area contributed by atoms with Crippen molar-refractivity contribution in [2.75, 3.05) is 6.61 Å². The van der Waals surface area contributed by atoms with Crippen molar-refractivity contribution in [3.8, 4) is 11.4 Å². The molecule has 0 bridgehead atoms. The zero-order valence-corrected chi connectivity index (χ0v) is 13.8. The number of aliphatic hydroxyl groups is 1. The smallest absolute Gasteiger partial charge is 0.222 e. The number of H-pyrrole nitrogens is 1. The second-order valence-corrected chi connectivity index (χ2v) is 6.50. The lowest BCUT2D eigenvalue weighted by Crippen LogP contribution is -2.39. The molecule has 1 aromatic carbocycles. The number of aliphatic hydroxyl groups excluding tert-OH is 1. The Morgan fingerprint density at radius 2 is 2.30 bits per heavy atom. The average molecular weight is 332 g/mol. The van der Waals surface area contributed by atoms with E-state index in [1.54, 1.807) is 0 Å². The summed E-state index contributed by atoms with van der Waals surface area (Å²) in [6, 6.07) is 8.00. The Kier molecular flexibility index (Phi) is 4.32. The standard InChI is InChI=1S/C16H20N4O2S/c1-11-3-2-4-12(9-11)14-18-19-15(23)20(14)8-5-13(22)17-16(10-21)6-7-16/h2-4,9,21H,5-8,10H2,1H3,(H,17,22)(H,19,23). The van der Waals surface area contributed by atoms with Crippen molar-refractivity contribution in [1.82, 2.24) is 20.1 Å². The summed E-state index contributed by atoms with van der Waals surface area (Å²) in [7, 11) is 0. The van der Waals surface area contributed by atoms with Gasteiger partial charge < -0.3 is 10.4 Å². The van der Waals surface area contributed by atoms with Crippen molar-refractivity contribution < 1.29 is 9.90 Å². The molecule has 0 atom stereocenters. The van der Waals surface area contributed by atoms with Crippen molar-refractivity contribution in [2.45, 2.75) is 38.3 Å². The fourth-order valence-corrected chi connectivity index (χ4v) is 2.80. The van der Waals surface area contributed by atoms with Gasteiger partial charge in [0.15, 0.2) is 10.6 Å². The zero-order valence-electron chi connectivity index (χ0n) is 13.0. The van der Waals surface area contributed by atoms with Crippen molar-refractivity contribution in [1.29, 1.82) is 0 Å². The normalized spacial score (nSPS) is 15.4. The maximum atomic E-state index is 12.1. The van der Waals surface area contributed by atoms with Gasteiger partial charge in [-0.3, -0.25) is 14.5 Å². The molecule has 122 valence electrons. The number of hydrogen-bond acceptors (Lipinski definition) is 4. The molecule has 0 unspecified atom stereocenters. The summed E-state index contributed by atoms with van der Waals surface area (Å²) >= 11 is 5.28. The third-order valence-corrected chi connectivity index (χ3v) is 4.47. The Hall–Kier alpha value is -1.99. The topological polar surface area (TPSA) is 82.9 Å². The van der Waals surface area contributed by atoms with Crippen LogP contribution in [-0.4, -0.2) is 37.9 Å². The number of carbonyl (C=O) groups is 1. The van der Waals surface area contributed by atoms with Gasteiger partial charge in [-0.2, -0.15) is 5.10 Å². The van der Waals surface area contributed by atoms with Gasteiger partial charge in [-0.05, 0) is 38.0 Å². The summed E-state index contributed by atoms with van der Waals surface area (Å²) in [6.45, 7) is 2.47. The number of nitrogens with one attached hydrogen (secondary N) is 2. The highest BCUT2D eigenvalue weighted by Crippen LogP contribution is 2.34. The van der Waals surface area contributed by atoms with E-state index in [1.807, 2.05) is 35.8 Å². The lowest BCUT2D eigenvalue weighted by Gasteiger charge is -2.14. The van der Waals surface area contributed by atoms with E-state index >= 15 is 0 Å². The van der Waals surface area contributed by atoms with Crippen molar-refractivity contribution in [3.05, 3.63) is 34.6 Å². The number of nitrogens with zero attached hydrogens (tertiary/aromatic N) is 2. The van der Waals surface area contributed by atoms with Crippen LogP contribution in [-0.2, 0) is 11.3 Å². The SMILES string of the molecule is Cc1cccc(-c2n[nH]c(=S)n2CCC(=O)NC2(CO)CC2)c1. The van der Waals surface area contributed by atoms with Gasteiger partial charge in [0.05, 0.1) is 12.1 Å². The minimum atomic E-state index is -0.381. The fraction of sp³-hybridized carbons (Fsp3) is 0.438. The lowest BCUT2D eigenvalue weighted by atomic mass is 10.1. The first-order valence-corrected chi connectivity index (χ1v) is 8.08. The minimum Gasteiger partial charge on any atom is -0.394 e. The van der Waals surface area contributed by atoms with E-state index in [2.05, 4.69) is 15.5 Å². The van der Waals surface area contributed by atoms with Crippen LogP contribution in [0.3, 0.4) is 0 Å². The van der Waals surface area contributed by atoms with Gasteiger partial charge in [0, 0.05) is 18.5 Å². The highest BCUT2D eigenvalue weighted by atomic mass is 32.1. The number of hydrogen-bond donors (Lipinski definition) is 3. The van der Waals surface area contributed by atoms with E-state index in [9.17, 15) is 9.90 Å². The summed E-state index contributed by atoms with van der Waals surface area (Å²) in [6.07, 6.45) is 1.98. The lowest BCUT2D eigenvalue weighted by molar-refractivity contribution is -0.122. The first-order chi connectivity index (χ1) is 11.0. The molecule has 0 aliphatic heterocycles. The number of aromatic amines is 1. The monoisotopic (exact) mass is 332 g/mol. The summed E-state index contributed by atoms with van der Waals surface area (Å²) in [4.78, 5) is 12.1. The number of aryl methyl sites for hydroxylation is 1. The van der Waals surface area contributed by atoms with Gasteiger partial charge in [-0.25, -0.2) is 0 Å². The highest BCUT2D eigenvalue weighted by molar-refractivity contribution is 7.71. The van der Waals surface area contributed by atoms with Crippen LogP contribution in [0.25, 0.3) is 11.4 Å². The first-order valence-electron chi connectivity index (χ1n) is 7.67. The molecule has 1 aliphatic carbocycles. The molecule has 1 aliphatic rings. The molecule has 1 aromatic heterocycles. The molecule has 0 saturated heterocycles. The van der Waals surface area contributed by atoms with Gasteiger partial charge in [0.25, 0.3) is 0 Å². The molecule has 0 radical (unpaired) electrons. The van der Waals surface area contributed by atoms with Gasteiger partial charge in [0.1, 0.15) is 0 Å². The fourth-order valence-electron chi connectivity index (χ4n) is 2.57. The molecular weight excluding hydrogens is 312 g/mol. The molecule has 6 nitrogen and oxygen atoms in total. The Balaban J connectivity index is 1.72. The second-order valence-electron chi connectivity index (χ2n) is 6.11. The molecule has 7 heteroatoms. The van der Waals surface area contributed by atoms with Gasteiger partial charge in [-0.1, -0.05) is 23.8 Å². The predicted octanol–water partition coefficient (Wildman–Crippen LogP) is 1.95. The highest BCUT2D eigenvalue weighted by Gasteiger charge is 2.43. The van der Waals surface area contributed by atoms with Crippen LogP contribution in [0.1, 0.15) is 24.8 Å². The maximum Gasteiger partial charge on any atom is 0.222 e. The molecule has 1 amide bonds. The second kappa shape index (κ2) is 6.25. The van der Waals surface area contributed by atoms with E-state index in [4.69, 9.17) is 12.2 Å². The van der Waals surface area contributed by atoms with Crippen molar-refractivity contribution in [3.63, 3.8) is 0 Å². The van der Waals surface area contributed by atoms with Crippen LogP contribution >= 0.6 is 12.2 Å². The van der Waals surface area contributed by atoms with Crippen LogP contribution in [0.2, 0.25) is 0 Å². The summed E-state index contributed by atoms with van der Waals surface area (Å²) in [5.74, 6) is 0.657. The Morgan fingerprint density at radius 3 is 2.96 bits per heavy atom. The van der Waals surface area contributed by atoms with Crippen molar-refractivity contribution >= 4 is 18.1 Å². The first kappa shape index (κ1) is 15.9. The van der Waals surface area contributed by atoms with Crippen LogP contribution in [0.15, 0.2) is 24.3 Å². The predicted molar refractivity (Wildman–Crippen MR) is 89.4 cm³/mol. The third-order valence-electron chi connectivity index (χ3n) is 4.16. The Morgan fingerprint density at radius 1 is 1.52 bits per heavy atom. The Labute approximate surface area is 139 Å². The van der Waals surface area contributed by atoms with Gasteiger partial charge in [-0.15, -0.1) is 0 Å². The molecule has 1 heterocycles. The van der Waals surface area contributed by atoms with Crippen molar-refractivity contribution in [2.24, 2.45) is 0 Å². The number of benzene rings is 1. The molecule has 1 saturated carbocycles. The largest absolute Gasteiger partial charge is 0.394 e. The van der Waals surface area contributed by atoms with Gasteiger partial charge >= 0.3 is 0 Å². The van der Waals surface area contributed by atoms with E-state index < -0.39 is 0 Å². The zero-order chi connectivity index (χ0) is 16.4. The van der Waals surface area contributed by atoms with Gasteiger partial charge in [0.2, 0.25) is 5.91 Å². The van der Waals surface area contributed by atoms with Crippen LogP contribution in [0.5, 0.6) is 0 Å². The van der Waals surface area contributed by atoms with Crippen LogP contribution in [0, 0.1) is 11.7 Å². The average Bonchev–Trinajstić information content (AvgIpc) is 3.20. The van der Waals surface area contributed by atoms with E-state index in [-0.39, 0.29) is 18.1 Å². The summed E-state index contributed by atoms with van der Waals surface area (Å²) in [5, 5.41) is 19.2. The van der Waals surface area contributed by atoms with Crippen LogP contribution < -0.4 is 5.32 Å². The van der Waals surface area contributed by atoms with E-state index in [0.29, 0.717) is 17.7 Å².